The molecule has 4 nitrogen and oxygen atoms in total. The molecule has 1 saturated carbocycles. The van der Waals surface area contributed by atoms with Crippen LogP contribution in [0.25, 0.3) is 0 Å². The third kappa shape index (κ3) is 3.64. The zero-order valence-electron chi connectivity index (χ0n) is 11.2. The molecule has 1 fully saturated rings. The topological polar surface area (TPSA) is 41.0 Å². The number of hydrogen-bond donors (Lipinski definition) is 1. The molecular formula is C12H22N4S. The zero-order valence-corrected chi connectivity index (χ0v) is 12.0. The molecule has 0 unspecified atom stereocenters. The van der Waals surface area contributed by atoms with Crippen molar-refractivity contribution in [3.8, 4) is 0 Å². The van der Waals surface area contributed by atoms with Crippen LogP contribution < -0.4 is 5.32 Å². The Balaban J connectivity index is 1.77. The highest BCUT2D eigenvalue weighted by Crippen LogP contribution is 2.25. The van der Waals surface area contributed by atoms with Gasteiger partial charge in [-0.3, -0.25) is 0 Å². The molecule has 0 spiro atoms. The fourth-order valence-corrected chi connectivity index (χ4v) is 2.42. The Morgan fingerprint density at radius 2 is 2.12 bits per heavy atom. The summed E-state index contributed by atoms with van der Waals surface area (Å²) >= 11 is 1.46. The van der Waals surface area contributed by atoms with Gasteiger partial charge in [-0.1, -0.05) is 20.8 Å². The van der Waals surface area contributed by atoms with E-state index in [1.54, 1.807) is 0 Å². The summed E-state index contributed by atoms with van der Waals surface area (Å²) in [5.41, 5.74) is 0.0429. The molecule has 96 valence electrons. The van der Waals surface area contributed by atoms with Crippen molar-refractivity contribution in [2.45, 2.75) is 45.1 Å². The molecule has 1 aliphatic carbocycles. The molecule has 1 N–H and O–H groups in total. The summed E-state index contributed by atoms with van der Waals surface area (Å²) in [5.74, 6) is 0.931. The average Bonchev–Trinajstić information content (AvgIpc) is 2.97. The second-order valence-corrected chi connectivity index (χ2v) is 6.56. The van der Waals surface area contributed by atoms with Crippen LogP contribution in [0.2, 0.25) is 0 Å². The molecule has 5 heteroatoms. The average molecular weight is 254 g/mol. The lowest BCUT2D eigenvalue weighted by Crippen LogP contribution is -2.27. The lowest BCUT2D eigenvalue weighted by atomic mass is 9.96. The fourth-order valence-electron chi connectivity index (χ4n) is 1.64. The molecule has 0 atom stereocenters. The molecule has 2 rings (SSSR count). The van der Waals surface area contributed by atoms with Crippen LogP contribution in [0, 0.1) is 0 Å². The highest BCUT2D eigenvalue weighted by molar-refractivity contribution is 7.09. The number of hydrogen-bond acceptors (Lipinski definition) is 5. The first kappa shape index (κ1) is 12.8. The van der Waals surface area contributed by atoms with Gasteiger partial charge >= 0.3 is 0 Å². The number of anilines is 1. The summed E-state index contributed by atoms with van der Waals surface area (Å²) < 4.78 is 4.39. The van der Waals surface area contributed by atoms with Gasteiger partial charge in [0.1, 0.15) is 5.82 Å². The van der Waals surface area contributed by atoms with E-state index in [0.717, 1.165) is 30.1 Å². The van der Waals surface area contributed by atoms with Crippen LogP contribution in [-0.2, 0) is 5.41 Å². The maximum atomic E-state index is 4.52. The largest absolute Gasteiger partial charge is 0.359 e. The molecule has 1 aromatic heterocycles. The molecule has 0 saturated heterocycles. The summed E-state index contributed by atoms with van der Waals surface area (Å²) in [6.07, 6.45) is 2.73. The monoisotopic (exact) mass is 254 g/mol. The molecule has 0 aromatic carbocycles. The van der Waals surface area contributed by atoms with Gasteiger partial charge in [-0.2, -0.15) is 4.37 Å². The Kier molecular flexibility index (Phi) is 3.68. The van der Waals surface area contributed by atoms with E-state index in [9.17, 15) is 0 Å². The van der Waals surface area contributed by atoms with Gasteiger partial charge in [-0.15, -0.1) is 0 Å². The van der Waals surface area contributed by atoms with Crippen molar-refractivity contribution in [1.82, 2.24) is 14.3 Å². The summed E-state index contributed by atoms with van der Waals surface area (Å²) in [6, 6.07) is 0.830. The first-order valence-corrected chi connectivity index (χ1v) is 7.02. The van der Waals surface area contributed by atoms with Crippen molar-refractivity contribution in [3.63, 3.8) is 0 Å². The minimum Gasteiger partial charge on any atom is -0.359 e. The normalized spacial score (nSPS) is 16.5. The molecule has 0 radical (unpaired) electrons. The Bertz CT molecular complexity index is 365. The van der Waals surface area contributed by atoms with E-state index < -0.39 is 0 Å². The minimum atomic E-state index is 0.0429. The summed E-state index contributed by atoms with van der Waals surface area (Å²) in [5, 5.41) is 4.30. The fraction of sp³-hybridized carbons (Fsp3) is 0.833. The predicted octanol–water partition coefficient (Wildman–Crippen LogP) is 2.34. The molecule has 17 heavy (non-hydrogen) atoms. The first-order valence-electron chi connectivity index (χ1n) is 6.25. The summed E-state index contributed by atoms with van der Waals surface area (Å²) in [6.45, 7) is 8.44. The SMILES string of the molecule is CN(CCNc1nc(C(C)(C)C)ns1)C1CC1. The molecule has 0 aliphatic heterocycles. The van der Waals surface area contributed by atoms with Gasteiger partial charge in [0.05, 0.1) is 0 Å². The predicted molar refractivity (Wildman–Crippen MR) is 72.8 cm³/mol. The zero-order chi connectivity index (χ0) is 12.5. The Labute approximate surface area is 108 Å². The summed E-state index contributed by atoms with van der Waals surface area (Å²) in [7, 11) is 2.19. The maximum Gasteiger partial charge on any atom is 0.202 e. The van der Waals surface area contributed by atoms with Gasteiger partial charge < -0.3 is 10.2 Å². The van der Waals surface area contributed by atoms with Gasteiger partial charge in [0.2, 0.25) is 5.13 Å². The number of nitrogens with one attached hydrogen (secondary N) is 1. The van der Waals surface area contributed by atoms with Crippen molar-refractivity contribution in [3.05, 3.63) is 5.82 Å². The van der Waals surface area contributed by atoms with Crippen molar-refractivity contribution in [2.24, 2.45) is 0 Å². The van der Waals surface area contributed by atoms with Crippen LogP contribution in [0.1, 0.15) is 39.4 Å². The number of aromatic nitrogens is 2. The Morgan fingerprint density at radius 3 is 2.65 bits per heavy atom. The van der Waals surface area contributed by atoms with Crippen LogP contribution in [0.5, 0.6) is 0 Å². The minimum absolute atomic E-state index is 0.0429. The van der Waals surface area contributed by atoms with E-state index in [1.807, 2.05) is 0 Å². The lowest BCUT2D eigenvalue weighted by molar-refractivity contribution is 0.337. The molecule has 0 bridgehead atoms. The van der Waals surface area contributed by atoms with Gasteiger partial charge in [-0.25, -0.2) is 4.98 Å². The summed E-state index contributed by atoms with van der Waals surface area (Å²) in [4.78, 5) is 6.93. The molecule has 1 heterocycles. The number of rotatable bonds is 5. The van der Waals surface area contributed by atoms with Crippen molar-refractivity contribution < 1.29 is 0 Å². The third-order valence-electron chi connectivity index (χ3n) is 3.01. The van der Waals surface area contributed by atoms with Gasteiger partial charge in [0.25, 0.3) is 0 Å². The van der Waals surface area contributed by atoms with E-state index in [-0.39, 0.29) is 5.41 Å². The molecule has 0 amide bonds. The Hall–Kier alpha value is -0.680. The van der Waals surface area contributed by atoms with Gasteiger partial charge in [0, 0.05) is 36.1 Å². The van der Waals surface area contributed by atoms with Crippen LogP contribution in [0.4, 0.5) is 5.13 Å². The molecular weight excluding hydrogens is 232 g/mol. The van der Waals surface area contributed by atoms with Crippen molar-refractivity contribution in [1.29, 1.82) is 0 Å². The van der Waals surface area contributed by atoms with Crippen LogP contribution in [0.3, 0.4) is 0 Å². The standard InChI is InChI=1S/C12H22N4S/c1-12(2,3)10-14-11(17-15-10)13-7-8-16(4)9-5-6-9/h9H,5-8H2,1-4H3,(H,13,14,15). The lowest BCUT2D eigenvalue weighted by Gasteiger charge is -2.15. The first-order chi connectivity index (χ1) is 7.97. The van der Waals surface area contributed by atoms with Gasteiger partial charge in [-0.05, 0) is 19.9 Å². The van der Waals surface area contributed by atoms with E-state index >= 15 is 0 Å². The van der Waals surface area contributed by atoms with Crippen molar-refractivity contribution >= 4 is 16.7 Å². The molecule has 1 aromatic rings. The Morgan fingerprint density at radius 1 is 1.41 bits per heavy atom. The quantitative estimate of drug-likeness (QED) is 0.875. The van der Waals surface area contributed by atoms with E-state index in [0.29, 0.717) is 0 Å². The smallest absolute Gasteiger partial charge is 0.202 e. The second kappa shape index (κ2) is 4.90. The van der Waals surface area contributed by atoms with E-state index in [4.69, 9.17) is 0 Å². The van der Waals surface area contributed by atoms with E-state index in [1.165, 1.54) is 24.4 Å². The van der Waals surface area contributed by atoms with Crippen molar-refractivity contribution in [2.75, 3.05) is 25.5 Å². The van der Waals surface area contributed by atoms with E-state index in [2.05, 4.69) is 47.4 Å². The highest BCUT2D eigenvalue weighted by Gasteiger charge is 2.25. The number of nitrogens with zero attached hydrogens (tertiary/aromatic N) is 3. The van der Waals surface area contributed by atoms with Crippen LogP contribution in [0.15, 0.2) is 0 Å². The highest BCUT2D eigenvalue weighted by atomic mass is 32.1. The van der Waals surface area contributed by atoms with Crippen LogP contribution >= 0.6 is 11.5 Å². The third-order valence-corrected chi connectivity index (χ3v) is 3.68. The molecule has 1 aliphatic rings. The van der Waals surface area contributed by atoms with Gasteiger partial charge in [0.15, 0.2) is 0 Å². The van der Waals surface area contributed by atoms with Crippen LogP contribution in [-0.4, -0.2) is 40.4 Å². The maximum absolute atomic E-state index is 4.52. The number of likely N-dealkylation sites (N-methyl/N-ethyl adjacent to an activating group) is 1. The second-order valence-electron chi connectivity index (χ2n) is 5.81.